The minimum absolute atomic E-state index is 0.0770. The third-order valence-corrected chi connectivity index (χ3v) is 5.56. The Labute approximate surface area is 165 Å². The molecule has 0 saturated heterocycles. The quantitative estimate of drug-likeness (QED) is 0.625. The molecule has 1 aromatic heterocycles. The first-order valence-corrected chi connectivity index (χ1v) is 10.0. The fourth-order valence-electron chi connectivity index (χ4n) is 2.64. The summed E-state index contributed by atoms with van der Waals surface area (Å²) in [4.78, 5) is -0.684. The zero-order valence-electron chi connectivity index (χ0n) is 15.4. The Kier molecular flexibility index (Phi) is 5.89. The molecule has 3 rings (SSSR count). The molecule has 0 radical (unpaired) electrons. The highest BCUT2D eigenvalue weighted by atomic mass is 32.2. The van der Waals surface area contributed by atoms with Gasteiger partial charge in [-0.2, -0.15) is 0 Å². The first kappa shape index (κ1) is 20.8. The maximum absolute atomic E-state index is 13.9. The number of ether oxygens (including phenoxy) is 1. The molecule has 2 aromatic carbocycles. The molecule has 0 aliphatic rings. The lowest BCUT2D eigenvalue weighted by atomic mass is 10.3. The van der Waals surface area contributed by atoms with E-state index < -0.39 is 38.4 Å². The minimum Gasteiger partial charge on any atom is -0.424 e. The average Bonchev–Trinajstić information content (AvgIpc) is 3.05. The van der Waals surface area contributed by atoms with Crippen LogP contribution in [0.3, 0.4) is 0 Å². The molecule has 0 aliphatic carbocycles. The Morgan fingerprint density at radius 1 is 1.07 bits per heavy atom. The van der Waals surface area contributed by atoms with Crippen LogP contribution < -0.4 is 9.46 Å². The number of rotatable bonds is 7. The number of sulfonamides is 1. The van der Waals surface area contributed by atoms with Crippen LogP contribution in [0.15, 0.2) is 47.4 Å². The van der Waals surface area contributed by atoms with Crippen LogP contribution in [-0.4, -0.2) is 23.2 Å². The van der Waals surface area contributed by atoms with Crippen molar-refractivity contribution in [1.29, 1.82) is 0 Å². The monoisotopic (exact) mass is 426 g/mol. The zero-order valence-corrected chi connectivity index (χ0v) is 16.3. The van der Waals surface area contributed by atoms with Gasteiger partial charge in [-0.25, -0.2) is 26.3 Å². The molecule has 0 amide bonds. The van der Waals surface area contributed by atoms with Crippen molar-refractivity contribution in [3.05, 3.63) is 65.7 Å². The van der Waals surface area contributed by atoms with Gasteiger partial charge in [0, 0.05) is 12.6 Å². The van der Waals surface area contributed by atoms with E-state index in [1.807, 2.05) is 0 Å². The first-order chi connectivity index (χ1) is 13.7. The predicted octanol–water partition coefficient (Wildman–Crippen LogP) is 3.55. The number of halogens is 3. The molecular weight excluding hydrogens is 409 g/mol. The van der Waals surface area contributed by atoms with E-state index in [1.54, 1.807) is 6.92 Å². The SMILES string of the molecule is CCn1c(Oc2ccc(F)cc2)nnc1[C@@H](C)NS(=O)(=O)c1ccc(F)cc1F. The van der Waals surface area contributed by atoms with Crippen LogP contribution in [0.5, 0.6) is 11.8 Å². The molecule has 0 fully saturated rings. The molecule has 7 nitrogen and oxygen atoms in total. The highest BCUT2D eigenvalue weighted by molar-refractivity contribution is 7.89. The lowest BCUT2D eigenvalue weighted by Crippen LogP contribution is -2.29. The fourth-order valence-corrected chi connectivity index (χ4v) is 3.90. The summed E-state index contributed by atoms with van der Waals surface area (Å²) in [6, 6.07) is 6.62. The minimum atomic E-state index is -4.29. The van der Waals surface area contributed by atoms with E-state index >= 15 is 0 Å². The molecular formula is C18H17F3N4O3S. The van der Waals surface area contributed by atoms with Gasteiger partial charge >= 0.3 is 6.01 Å². The lowest BCUT2D eigenvalue weighted by Gasteiger charge is -2.15. The largest absolute Gasteiger partial charge is 0.424 e. The lowest BCUT2D eigenvalue weighted by molar-refractivity contribution is 0.407. The number of aromatic nitrogens is 3. The number of hydrogen-bond donors (Lipinski definition) is 1. The summed E-state index contributed by atoms with van der Waals surface area (Å²) >= 11 is 0. The van der Waals surface area contributed by atoms with Crippen LogP contribution in [0.4, 0.5) is 13.2 Å². The number of nitrogens with zero attached hydrogens (tertiary/aromatic N) is 3. The van der Waals surface area contributed by atoms with Gasteiger partial charge in [0.1, 0.15) is 28.1 Å². The molecule has 0 saturated carbocycles. The van der Waals surface area contributed by atoms with Gasteiger partial charge in [0.15, 0.2) is 5.82 Å². The fraction of sp³-hybridized carbons (Fsp3) is 0.222. The smallest absolute Gasteiger partial charge is 0.322 e. The second kappa shape index (κ2) is 8.21. The summed E-state index contributed by atoms with van der Waals surface area (Å²) in [6.07, 6.45) is 0. The van der Waals surface area contributed by atoms with E-state index in [9.17, 15) is 21.6 Å². The van der Waals surface area contributed by atoms with Crippen LogP contribution in [-0.2, 0) is 16.6 Å². The van der Waals surface area contributed by atoms with Crippen LogP contribution >= 0.6 is 0 Å². The van der Waals surface area contributed by atoms with Crippen LogP contribution in [0.25, 0.3) is 0 Å². The molecule has 1 N–H and O–H groups in total. The average molecular weight is 426 g/mol. The molecule has 0 spiro atoms. The maximum Gasteiger partial charge on any atom is 0.322 e. The van der Waals surface area contributed by atoms with Crippen molar-refractivity contribution in [2.45, 2.75) is 31.3 Å². The van der Waals surface area contributed by atoms with Crippen molar-refractivity contribution in [2.24, 2.45) is 0 Å². The van der Waals surface area contributed by atoms with Crippen LogP contribution in [0.2, 0.25) is 0 Å². The second-order valence-corrected chi connectivity index (χ2v) is 7.74. The summed E-state index contributed by atoms with van der Waals surface area (Å²) in [5, 5.41) is 7.84. The zero-order chi connectivity index (χ0) is 21.2. The number of hydrogen-bond acceptors (Lipinski definition) is 5. The molecule has 3 aromatic rings. The molecule has 11 heteroatoms. The van der Waals surface area contributed by atoms with Crippen molar-refractivity contribution in [3.63, 3.8) is 0 Å². The normalized spacial score (nSPS) is 12.7. The summed E-state index contributed by atoms with van der Waals surface area (Å²) in [6.45, 7) is 3.61. The predicted molar refractivity (Wildman–Crippen MR) is 97.3 cm³/mol. The number of benzene rings is 2. The highest BCUT2D eigenvalue weighted by Gasteiger charge is 2.26. The van der Waals surface area contributed by atoms with Gasteiger partial charge in [-0.1, -0.05) is 5.10 Å². The molecule has 154 valence electrons. The van der Waals surface area contributed by atoms with Gasteiger partial charge in [0.05, 0.1) is 6.04 Å². The van der Waals surface area contributed by atoms with E-state index in [0.717, 1.165) is 12.1 Å². The van der Waals surface area contributed by atoms with Crippen molar-refractivity contribution in [3.8, 4) is 11.8 Å². The standard InChI is InChI=1S/C18H17F3N4O3S/c1-3-25-17(22-23-18(25)28-14-7-4-12(19)5-8-14)11(2)24-29(26,27)16-9-6-13(20)10-15(16)21/h4-11,24H,3H2,1-2H3/t11-/m1/s1. The van der Waals surface area contributed by atoms with E-state index in [0.29, 0.717) is 18.4 Å². The molecule has 1 atom stereocenters. The van der Waals surface area contributed by atoms with Gasteiger partial charge in [0.25, 0.3) is 0 Å². The van der Waals surface area contributed by atoms with E-state index in [2.05, 4.69) is 14.9 Å². The maximum atomic E-state index is 13.9. The van der Waals surface area contributed by atoms with Gasteiger partial charge in [0.2, 0.25) is 10.0 Å². The van der Waals surface area contributed by atoms with E-state index in [-0.39, 0.29) is 11.8 Å². The van der Waals surface area contributed by atoms with Gasteiger partial charge in [-0.3, -0.25) is 4.57 Å². The summed E-state index contributed by atoms with van der Waals surface area (Å²) in [7, 11) is -4.29. The van der Waals surface area contributed by atoms with E-state index in [4.69, 9.17) is 4.74 Å². The Hall–Kier alpha value is -2.92. The van der Waals surface area contributed by atoms with Crippen molar-refractivity contribution in [2.75, 3.05) is 0 Å². The van der Waals surface area contributed by atoms with Gasteiger partial charge in [-0.15, -0.1) is 5.10 Å². The second-order valence-electron chi connectivity index (χ2n) is 6.06. The topological polar surface area (TPSA) is 86.1 Å². The number of nitrogens with one attached hydrogen (secondary N) is 1. The molecule has 0 aliphatic heterocycles. The summed E-state index contributed by atoms with van der Waals surface area (Å²) in [5.74, 6) is -1.98. The molecule has 29 heavy (non-hydrogen) atoms. The summed E-state index contributed by atoms with van der Waals surface area (Å²) in [5.41, 5.74) is 0. The Bertz CT molecular complexity index is 1120. The molecule has 1 heterocycles. The molecule has 0 bridgehead atoms. The third-order valence-electron chi connectivity index (χ3n) is 3.99. The van der Waals surface area contributed by atoms with Crippen LogP contribution in [0.1, 0.15) is 25.7 Å². The summed E-state index contributed by atoms with van der Waals surface area (Å²) < 4.78 is 74.3. The Morgan fingerprint density at radius 2 is 1.72 bits per heavy atom. The van der Waals surface area contributed by atoms with Crippen molar-refractivity contribution in [1.82, 2.24) is 19.5 Å². The van der Waals surface area contributed by atoms with Gasteiger partial charge in [-0.05, 0) is 50.2 Å². The molecule has 0 unspecified atom stereocenters. The third kappa shape index (κ3) is 4.57. The van der Waals surface area contributed by atoms with Crippen molar-refractivity contribution >= 4 is 10.0 Å². The Balaban J connectivity index is 1.84. The van der Waals surface area contributed by atoms with Crippen molar-refractivity contribution < 1.29 is 26.3 Å². The van der Waals surface area contributed by atoms with Gasteiger partial charge < -0.3 is 4.74 Å². The van der Waals surface area contributed by atoms with E-state index in [1.165, 1.54) is 35.8 Å². The first-order valence-electron chi connectivity index (χ1n) is 8.55. The highest BCUT2D eigenvalue weighted by Crippen LogP contribution is 2.24. The Morgan fingerprint density at radius 3 is 2.34 bits per heavy atom. The van der Waals surface area contributed by atoms with Crippen LogP contribution in [0, 0.1) is 17.5 Å².